The minimum absolute atomic E-state index is 0.151. The van der Waals surface area contributed by atoms with Gasteiger partial charge in [0.1, 0.15) is 12.1 Å². The summed E-state index contributed by atoms with van der Waals surface area (Å²) in [5.41, 5.74) is 0. The van der Waals surface area contributed by atoms with Gasteiger partial charge in [0.25, 0.3) is 0 Å². The van der Waals surface area contributed by atoms with Gasteiger partial charge < -0.3 is 15.1 Å². The van der Waals surface area contributed by atoms with E-state index in [1.54, 1.807) is 0 Å². The Hall–Kier alpha value is -2.05. The third-order valence-electron chi connectivity index (χ3n) is 4.73. The summed E-state index contributed by atoms with van der Waals surface area (Å²) in [6, 6.07) is -1.85. The van der Waals surface area contributed by atoms with E-state index in [2.05, 4.69) is 0 Å². The van der Waals surface area contributed by atoms with E-state index >= 15 is 0 Å². The highest BCUT2D eigenvalue weighted by Gasteiger charge is 2.48. The predicted octanol–water partition coefficient (Wildman–Crippen LogP) is 0.759. The molecule has 7 nitrogen and oxygen atoms in total. The topological polar surface area (TPSA) is 98.1 Å². The number of fused-ring (bicyclic) bond motifs is 2. The number of aliphatic carboxylic acids is 1. The minimum Gasteiger partial charge on any atom is -0.480 e. The van der Waals surface area contributed by atoms with Gasteiger partial charge in [-0.3, -0.25) is 9.69 Å². The number of nitrogens with zero attached hydrogens (tertiary/aromatic N) is 2. The molecular weight excluding hydrogens is 276 g/mol. The number of amides is 2. The predicted molar refractivity (Wildman–Crippen MR) is 71.7 cm³/mol. The number of piperidine rings is 1. The van der Waals surface area contributed by atoms with Crippen molar-refractivity contribution in [3.05, 3.63) is 12.2 Å². The summed E-state index contributed by atoms with van der Waals surface area (Å²) in [7, 11) is 0. The van der Waals surface area contributed by atoms with Crippen molar-refractivity contribution in [2.75, 3.05) is 6.54 Å². The maximum atomic E-state index is 12.8. The van der Waals surface area contributed by atoms with Crippen LogP contribution >= 0.6 is 0 Å². The number of hydrogen-bond acceptors (Lipinski definition) is 3. The highest BCUT2D eigenvalue weighted by molar-refractivity contribution is 5.91. The summed E-state index contributed by atoms with van der Waals surface area (Å²) < 4.78 is 0. The number of carboxylic acids is 1. The fourth-order valence-electron chi connectivity index (χ4n) is 3.77. The second-order valence-corrected chi connectivity index (χ2v) is 5.86. The number of rotatable bonds is 1. The van der Waals surface area contributed by atoms with Crippen molar-refractivity contribution < 1.29 is 24.6 Å². The molecular formula is C14H18N2O5. The van der Waals surface area contributed by atoms with Gasteiger partial charge in [-0.25, -0.2) is 9.59 Å². The summed E-state index contributed by atoms with van der Waals surface area (Å²) in [6.07, 6.45) is 5.19. The van der Waals surface area contributed by atoms with Crippen LogP contribution in [0.15, 0.2) is 12.2 Å². The quantitative estimate of drug-likeness (QED) is 0.696. The SMILES string of the molecule is O=C(O)C1CC[C@@H]2C=C[C@H]3CCCN(C(=O)O)[C@@H]3C(=O)N12. The molecule has 1 unspecified atom stereocenters. The zero-order chi connectivity index (χ0) is 15.1. The summed E-state index contributed by atoms with van der Waals surface area (Å²) >= 11 is 0. The second-order valence-electron chi connectivity index (χ2n) is 5.86. The van der Waals surface area contributed by atoms with Crippen LogP contribution in [0.5, 0.6) is 0 Å². The Kier molecular flexibility index (Phi) is 3.35. The highest BCUT2D eigenvalue weighted by Crippen LogP contribution is 2.35. The summed E-state index contributed by atoms with van der Waals surface area (Å²) in [5.74, 6) is -1.53. The first-order valence-corrected chi connectivity index (χ1v) is 7.23. The van der Waals surface area contributed by atoms with Crippen LogP contribution in [0.4, 0.5) is 4.79 Å². The average Bonchev–Trinajstić information content (AvgIpc) is 2.82. The maximum absolute atomic E-state index is 12.8. The Balaban J connectivity index is 1.97. The monoisotopic (exact) mass is 294 g/mol. The molecule has 2 fully saturated rings. The van der Waals surface area contributed by atoms with Crippen LogP contribution in [0.25, 0.3) is 0 Å². The van der Waals surface area contributed by atoms with E-state index in [1.807, 2.05) is 12.2 Å². The average molecular weight is 294 g/mol. The normalized spacial score (nSPS) is 35.1. The fourth-order valence-corrected chi connectivity index (χ4v) is 3.77. The van der Waals surface area contributed by atoms with Gasteiger partial charge in [0.2, 0.25) is 5.91 Å². The molecule has 0 radical (unpaired) electrons. The van der Waals surface area contributed by atoms with Crippen molar-refractivity contribution in [2.24, 2.45) is 5.92 Å². The Labute approximate surface area is 121 Å². The summed E-state index contributed by atoms with van der Waals surface area (Å²) in [4.78, 5) is 38.1. The molecule has 0 bridgehead atoms. The lowest BCUT2D eigenvalue weighted by Gasteiger charge is -2.39. The lowest BCUT2D eigenvalue weighted by molar-refractivity contribution is -0.152. The van der Waals surface area contributed by atoms with Crippen molar-refractivity contribution in [3.63, 3.8) is 0 Å². The zero-order valence-corrected chi connectivity index (χ0v) is 11.5. The van der Waals surface area contributed by atoms with Crippen LogP contribution in [0.1, 0.15) is 25.7 Å². The molecule has 3 aliphatic heterocycles. The van der Waals surface area contributed by atoms with Crippen molar-refractivity contribution in [3.8, 4) is 0 Å². The molecule has 114 valence electrons. The molecule has 21 heavy (non-hydrogen) atoms. The van der Waals surface area contributed by atoms with Gasteiger partial charge in [-0.1, -0.05) is 12.2 Å². The summed E-state index contributed by atoms with van der Waals surface area (Å²) in [5, 5.41) is 18.6. The van der Waals surface area contributed by atoms with E-state index in [4.69, 9.17) is 0 Å². The van der Waals surface area contributed by atoms with Crippen LogP contribution in [-0.2, 0) is 9.59 Å². The van der Waals surface area contributed by atoms with E-state index in [-0.39, 0.29) is 17.9 Å². The van der Waals surface area contributed by atoms with Crippen molar-refractivity contribution in [1.82, 2.24) is 9.80 Å². The lowest BCUT2D eigenvalue weighted by atomic mass is 9.88. The lowest BCUT2D eigenvalue weighted by Crippen LogP contribution is -2.58. The van der Waals surface area contributed by atoms with E-state index in [0.717, 1.165) is 12.8 Å². The van der Waals surface area contributed by atoms with Gasteiger partial charge in [-0.05, 0) is 25.7 Å². The minimum atomic E-state index is -1.11. The molecule has 2 amide bonds. The maximum Gasteiger partial charge on any atom is 0.408 e. The van der Waals surface area contributed by atoms with E-state index in [1.165, 1.54) is 9.80 Å². The highest BCUT2D eigenvalue weighted by atomic mass is 16.4. The van der Waals surface area contributed by atoms with E-state index in [9.17, 15) is 24.6 Å². The molecule has 0 saturated carbocycles. The van der Waals surface area contributed by atoms with Gasteiger partial charge in [-0.15, -0.1) is 0 Å². The Bertz CT molecular complexity index is 517. The molecule has 0 aromatic heterocycles. The first kappa shape index (κ1) is 13.9. The van der Waals surface area contributed by atoms with Crippen LogP contribution < -0.4 is 0 Å². The van der Waals surface area contributed by atoms with Crippen molar-refractivity contribution >= 4 is 18.0 Å². The second kappa shape index (κ2) is 5.05. The molecule has 0 aliphatic carbocycles. The van der Waals surface area contributed by atoms with Crippen LogP contribution in [-0.4, -0.2) is 62.7 Å². The molecule has 0 aromatic carbocycles. The van der Waals surface area contributed by atoms with E-state index in [0.29, 0.717) is 19.4 Å². The summed E-state index contributed by atoms with van der Waals surface area (Å²) in [6.45, 7) is 0.326. The fraction of sp³-hybridized carbons (Fsp3) is 0.643. The Morgan fingerprint density at radius 2 is 1.90 bits per heavy atom. The first-order valence-electron chi connectivity index (χ1n) is 7.23. The molecule has 7 heteroatoms. The molecule has 2 saturated heterocycles. The smallest absolute Gasteiger partial charge is 0.408 e. The van der Waals surface area contributed by atoms with Gasteiger partial charge in [0, 0.05) is 12.5 Å². The molecule has 3 rings (SSSR count). The van der Waals surface area contributed by atoms with Crippen molar-refractivity contribution in [1.29, 1.82) is 0 Å². The molecule has 4 atom stereocenters. The Morgan fingerprint density at radius 3 is 2.57 bits per heavy atom. The van der Waals surface area contributed by atoms with E-state index < -0.39 is 24.1 Å². The first-order chi connectivity index (χ1) is 10.0. The Morgan fingerprint density at radius 1 is 1.14 bits per heavy atom. The number of carbonyl (C=O) groups is 3. The molecule has 3 aliphatic rings. The number of carbonyl (C=O) groups excluding carboxylic acids is 1. The number of likely N-dealkylation sites (tertiary alicyclic amines) is 1. The molecule has 3 heterocycles. The third-order valence-corrected chi connectivity index (χ3v) is 4.73. The number of carboxylic acid groups (broad SMARTS) is 2. The molecule has 0 spiro atoms. The van der Waals surface area contributed by atoms with Gasteiger partial charge in [-0.2, -0.15) is 0 Å². The molecule has 0 aromatic rings. The number of hydrogen-bond donors (Lipinski definition) is 2. The van der Waals surface area contributed by atoms with Gasteiger partial charge in [0.15, 0.2) is 0 Å². The van der Waals surface area contributed by atoms with Crippen LogP contribution in [0, 0.1) is 5.92 Å². The van der Waals surface area contributed by atoms with Crippen molar-refractivity contribution in [2.45, 2.75) is 43.8 Å². The largest absolute Gasteiger partial charge is 0.480 e. The zero-order valence-electron chi connectivity index (χ0n) is 11.5. The molecule has 2 N–H and O–H groups in total. The van der Waals surface area contributed by atoms with Crippen LogP contribution in [0.2, 0.25) is 0 Å². The van der Waals surface area contributed by atoms with Gasteiger partial charge >= 0.3 is 12.1 Å². The van der Waals surface area contributed by atoms with Crippen LogP contribution in [0.3, 0.4) is 0 Å². The third kappa shape index (κ3) is 2.16. The van der Waals surface area contributed by atoms with Gasteiger partial charge in [0.05, 0.1) is 6.04 Å². The standard InChI is InChI=1S/C14H18N2O5/c17-12-11-8(2-1-7-15(11)14(20)21)3-4-9-5-6-10(13(18)19)16(9)12/h3-4,8-11H,1-2,5-7H2,(H,18,19)(H,20,21)/t8-,9+,10?,11+/m1/s1.